The molecule has 0 saturated carbocycles. The summed E-state index contributed by atoms with van der Waals surface area (Å²) in [5.74, 6) is 2.23. The van der Waals surface area contributed by atoms with E-state index in [4.69, 9.17) is 26.4 Å². The number of nitrogens with zero attached hydrogens (tertiary/aromatic N) is 6. The van der Waals surface area contributed by atoms with E-state index in [1.807, 2.05) is 58.5 Å². The number of hydrogen-bond acceptors (Lipinski definition) is 14. The molecule has 3 saturated heterocycles. The number of aliphatic hydroxyl groups is 2. The average Bonchev–Trinajstić information content (AvgIpc) is 1.24. The van der Waals surface area contributed by atoms with Gasteiger partial charge in [-0.2, -0.15) is 13.2 Å². The number of aliphatic hydroxyl groups excluding tert-OH is 2. The lowest BCUT2D eigenvalue weighted by Gasteiger charge is -2.36. The van der Waals surface area contributed by atoms with Gasteiger partial charge in [0.25, 0.3) is 0 Å². The third-order valence-electron chi connectivity index (χ3n) is 12.5. The predicted molar refractivity (Wildman–Crippen MR) is 406 cm³/mol. The minimum Gasteiger partial charge on any atom is -0.394 e. The minimum absolute atomic E-state index is 0. The van der Waals surface area contributed by atoms with Crippen molar-refractivity contribution in [2.24, 2.45) is 35.5 Å². The second kappa shape index (κ2) is 71.1. The van der Waals surface area contributed by atoms with Gasteiger partial charge in [0.2, 0.25) is 5.91 Å². The standard InChI is InChI=1S/C9H18N2O.C8H17NO.2C8H17N.3C6H13N.C6H12O2.C5H8F3NO.C5H13N.C4H10.C3H8O.CH4/c1-8(2)10-4-6-11(7-5-10)9(3)12;1-7(2)5-8(10)6-9(3)4;2*1-8(2)9-6-4-3-5-7-9;3*1-5(2)4-6(3)7;1-5(2)3-6(8)4-7;1-3(2)9-4(10)5(6,7)8;1-5(2)6(3)4;1-4(2)3;1-3(2)4;/h8H,4-7H2,1-3H3;7H,5-6H2,1-4H3;2*8H,3-7H2,1-2H3;3*5,7H,4H2,1-3H3;5,7H,3-4H2,1-2H3;3H,1-2H3,(H,9,10);5H,1-4H3;4H,1-3H3;3-4H,1-2H3;1H4. The van der Waals surface area contributed by atoms with Crippen molar-refractivity contribution >= 4 is 40.5 Å². The largest absolute Gasteiger partial charge is 0.471 e. The zero-order valence-corrected chi connectivity index (χ0v) is 67.1. The number of Topliss-reactive ketones (excluding diaryl/α,β-unsaturated/α-hetero) is 2. The highest BCUT2D eigenvalue weighted by molar-refractivity contribution is 5.82. The summed E-state index contributed by atoms with van der Waals surface area (Å²) in [7, 11) is 7.98. The van der Waals surface area contributed by atoms with Crippen LogP contribution in [0.25, 0.3) is 0 Å². The number of halogens is 3. The predicted octanol–water partition coefficient (Wildman–Crippen LogP) is 17.0. The van der Waals surface area contributed by atoms with Crippen molar-refractivity contribution in [2.75, 3.05) is 93.7 Å². The zero-order valence-electron chi connectivity index (χ0n) is 67.1. The third-order valence-corrected chi connectivity index (χ3v) is 12.5. The number of hydrogen-bond donors (Lipinski definition) is 6. The molecule has 0 aliphatic carbocycles. The van der Waals surface area contributed by atoms with Crippen molar-refractivity contribution in [1.29, 1.82) is 16.2 Å². The van der Waals surface area contributed by atoms with E-state index in [2.05, 4.69) is 165 Å². The summed E-state index contributed by atoms with van der Waals surface area (Å²) in [4.78, 5) is 55.9. The molecule has 0 aromatic carbocycles. The molecular formula is C75H163F3N10O6. The lowest BCUT2D eigenvalue weighted by molar-refractivity contribution is -0.174. The maximum atomic E-state index is 11.4. The molecule has 6 N–H and O–H groups in total. The number of nitrogens with one attached hydrogen (secondary N) is 4. The van der Waals surface area contributed by atoms with Gasteiger partial charge in [0.05, 0.1) is 6.54 Å². The number of alkyl halides is 3. The summed E-state index contributed by atoms with van der Waals surface area (Å²) < 4.78 is 34.2. The summed E-state index contributed by atoms with van der Waals surface area (Å²) in [6.07, 6.45) is 7.66. The number of likely N-dealkylation sites (N-methyl/N-ethyl adjacent to an activating group) is 1. The van der Waals surface area contributed by atoms with Gasteiger partial charge >= 0.3 is 12.1 Å². The van der Waals surface area contributed by atoms with Crippen LogP contribution in [0.2, 0.25) is 0 Å². The SMILES string of the molecule is C.CC(=N)CC(C)C.CC(=N)CC(C)C.CC(=N)CC(C)C.CC(=O)N1CCN(C(C)C)CC1.CC(C)C.CC(C)CC(=O)CN(C)C.CC(C)CC(=O)CO.CC(C)N(C)C.CC(C)N1CCCCC1.CC(C)N1CCCCC1.CC(C)NC(=O)C(F)(F)F.CC(C)O. The van der Waals surface area contributed by atoms with Gasteiger partial charge in [-0.05, 0) is 239 Å². The van der Waals surface area contributed by atoms with E-state index in [1.54, 1.807) is 26.1 Å². The molecule has 3 heterocycles. The van der Waals surface area contributed by atoms with Gasteiger partial charge in [0, 0.05) is 99.4 Å². The highest BCUT2D eigenvalue weighted by atomic mass is 19.4. The first-order valence-electron chi connectivity index (χ1n) is 35.3. The summed E-state index contributed by atoms with van der Waals surface area (Å²) in [6, 6.07) is 2.36. The van der Waals surface area contributed by atoms with Crippen LogP contribution in [0.15, 0.2) is 0 Å². The average molecular weight is 1360 g/mol. The number of ketones is 2. The van der Waals surface area contributed by atoms with Crippen molar-refractivity contribution in [3.05, 3.63) is 0 Å². The van der Waals surface area contributed by atoms with E-state index < -0.39 is 18.1 Å². The minimum atomic E-state index is -4.76. The maximum Gasteiger partial charge on any atom is 0.471 e. The summed E-state index contributed by atoms with van der Waals surface area (Å²) in [5.41, 5.74) is 2.36. The molecule has 0 radical (unpaired) electrons. The molecule has 0 aromatic rings. The lowest BCUT2D eigenvalue weighted by Crippen LogP contribution is -2.50. The van der Waals surface area contributed by atoms with Gasteiger partial charge < -0.3 is 56.3 Å². The van der Waals surface area contributed by atoms with Crippen molar-refractivity contribution in [3.8, 4) is 0 Å². The second-order valence-electron chi connectivity index (χ2n) is 29.8. The fraction of sp³-hybridized carbons (Fsp3) is 0.907. The van der Waals surface area contributed by atoms with Crippen LogP contribution in [-0.4, -0.2) is 216 Å². The molecule has 16 nitrogen and oxygen atoms in total. The number of carbonyl (C=O) groups is 4. The van der Waals surface area contributed by atoms with E-state index in [9.17, 15) is 32.3 Å². The molecule has 2 amide bonds. The Balaban J connectivity index is -0.000000103. The first-order valence-corrected chi connectivity index (χ1v) is 35.3. The number of rotatable bonds is 18. The van der Waals surface area contributed by atoms with E-state index in [-0.39, 0.29) is 31.8 Å². The van der Waals surface area contributed by atoms with Crippen LogP contribution in [0.3, 0.4) is 0 Å². The Bertz CT molecular complexity index is 1640. The molecule has 3 aliphatic heterocycles. The Morgan fingerprint density at radius 3 is 0.830 bits per heavy atom. The Morgan fingerprint density at radius 2 is 0.702 bits per heavy atom. The van der Waals surface area contributed by atoms with Crippen molar-refractivity contribution in [1.82, 2.24) is 34.7 Å². The Kier molecular flexibility index (Phi) is 84.8. The van der Waals surface area contributed by atoms with Crippen LogP contribution in [0, 0.1) is 51.7 Å². The van der Waals surface area contributed by atoms with Crippen LogP contribution < -0.4 is 5.32 Å². The second-order valence-corrected chi connectivity index (χ2v) is 29.8. The van der Waals surface area contributed by atoms with Crippen LogP contribution in [0.4, 0.5) is 13.2 Å². The van der Waals surface area contributed by atoms with E-state index in [1.165, 1.54) is 78.6 Å². The molecule has 3 aliphatic rings. The Hall–Kier alpha value is -3.20. The summed E-state index contributed by atoms with van der Waals surface area (Å²) in [6.45, 7) is 68.1. The highest BCUT2D eigenvalue weighted by Gasteiger charge is 2.38. The van der Waals surface area contributed by atoms with Crippen LogP contribution >= 0.6 is 0 Å². The number of piperazine rings is 1. The summed E-state index contributed by atoms with van der Waals surface area (Å²) in [5, 5.41) is 39.1. The van der Waals surface area contributed by atoms with Crippen LogP contribution in [0.5, 0.6) is 0 Å². The molecule has 3 rings (SSSR count). The molecule has 19 heteroatoms. The van der Waals surface area contributed by atoms with Crippen molar-refractivity contribution in [3.63, 3.8) is 0 Å². The van der Waals surface area contributed by atoms with E-state index in [0.29, 0.717) is 66.8 Å². The number of carbonyl (C=O) groups excluding carboxylic acids is 4. The Morgan fingerprint density at radius 1 is 0.457 bits per heavy atom. The highest BCUT2D eigenvalue weighted by Crippen LogP contribution is 2.15. The van der Waals surface area contributed by atoms with E-state index >= 15 is 0 Å². The van der Waals surface area contributed by atoms with Gasteiger partial charge in [-0.3, -0.25) is 24.1 Å². The number of likely N-dealkylation sites (tertiary alicyclic amines) is 2. The van der Waals surface area contributed by atoms with Crippen molar-refractivity contribution in [2.45, 2.75) is 321 Å². The van der Waals surface area contributed by atoms with E-state index in [0.717, 1.165) is 80.6 Å². The van der Waals surface area contributed by atoms with Crippen LogP contribution in [-0.2, 0) is 19.2 Å². The van der Waals surface area contributed by atoms with Gasteiger partial charge in [-0.1, -0.05) is 110 Å². The molecule has 0 aromatic heterocycles. The molecule has 0 bridgehead atoms. The zero-order chi connectivity index (χ0) is 75.5. The molecule has 570 valence electrons. The monoisotopic (exact) mass is 1360 g/mol. The molecular weight excluding hydrogens is 1190 g/mol. The Labute approximate surface area is 582 Å². The molecule has 0 atom stereocenters. The first-order chi connectivity index (χ1) is 42.2. The lowest BCUT2D eigenvalue weighted by atomic mass is 10.1. The third kappa shape index (κ3) is 110. The van der Waals surface area contributed by atoms with Gasteiger partial charge in [0.1, 0.15) is 12.4 Å². The van der Waals surface area contributed by atoms with Crippen molar-refractivity contribution < 1.29 is 42.6 Å². The maximum absolute atomic E-state index is 11.4. The van der Waals surface area contributed by atoms with Crippen LogP contribution in [0.1, 0.15) is 279 Å². The summed E-state index contributed by atoms with van der Waals surface area (Å²) >= 11 is 0. The number of piperidine rings is 2. The first kappa shape index (κ1) is 112. The number of amides is 2. The molecule has 0 spiro atoms. The fourth-order valence-corrected chi connectivity index (χ4v) is 8.00. The quantitative estimate of drug-likeness (QED) is 0.0711. The van der Waals surface area contributed by atoms with Gasteiger partial charge in [0.15, 0.2) is 5.78 Å². The van der Waals surface area contributed by atoms with Gasteiger partial charge in [-0.25, -0.2) is 0 Å². The van der Waals surface area contributed by atoms with Gasteiger partial charge in [-0.15, -0.1) is 0 Å². The fourth-order valence-electron chi connectivity index (χ4n) is 8.00. The smallest absolute Gasteiger partial charge is 0.394 e. The molecule has 0 unspecified atom stereocenters. The molecule has 94 heavy (non-hydrogen) atoms. The topological polar surface area (TPSA) is 212 Å². The molecule has 3 fully saturated rings. The normalized spacial score (nSPS) is 13.9.